The van der Waals surface area contributed by atoms with Crippen LogP contribution in [-0.4, -0.2) is 5.54 Å². The summed E-state index contributed by atoms with van der Waals surface area (Å²) in [4.78, 5) is 0. The molecule has 0 fully saturated rings. The Hall–Kier alpha value is -0.950. The van der Waals surface area contributed by atoms with Gasteiger partial charge in [0.25, 0.3) is 0 Å². The minimum Gasteiger partial charge on any atom is -0.376 e. The summed E-state index contributed by atoms with van der Waals surface area (Å²) in [5.74, 6) is 0. The molecule has 0 radical (unpaired) electrons. The van der Waals surface area contributed by atoms with Gasteiger partial charge in [-0.1, -0.05) is 17.7 Å². The number of rotatable bonds is 0. The second-order valence-corrected chi connectivity index (χ2v) is 5.23. The number of nitrogens with one attached hydrogen (secondary N) is 1. The fourth-order valence-corrected chi connectivity index (χ4v) is 2.28. The van der Waals surface area contributed by atoms with E-state index >= 15 is 0 Å². The fourth-order valence-electron chi connectivity index (χ4n) is 2.11. The molecule has 0 aromatic heterocycles. The lowest BCUT2D eigenvalue weighted by molar-refractivity contribution is 0.707. The van der Waals surface area contributed by atoms with Gasteiger partial charge >= 0.3 is 0 Å². The summed E-state index contributed by atoms with van der Waals surface area (Å²) in [6, 6.07) is 4.16. The molecule has 15 heavy (non-hydrogen) atoms. The van der Waals surface area contributed by atoms with Crippen molar-refractivity contribution in [2.24, 2.45) is 0 Å². The van der Waals surface area contributed by atoms with E-state index in [2.05, 4.69) is 38.2 Å². The molecule has 0 saturated heterocycles. The maximum absolute atomic E-state index is 6.13. The Labute approximate surface area is 96.1 Å². The predicted octanol–water partition coefficient (Wildman–Crippen LogP) is 4.26. The van der Waals surface area contributed by atoms with E-state index in [4.69, 9.17) is 11.6 Å². The van der Waals surface area contributed by atoms with Gasteiger partial charge in [0, 0.05) is 16.3 Å². The minimum absolute atomic E-state index is 0.0252. The fraction of sp³-hybridized carbons (Fsp3) is 0.385. The number of anilines is 1. The third-order valence-electron chi connectivity index (χ3n) is 2.76. The zero-order valence-electron chi connectivity index (χ0n) is 9.61. The van der Waals surface area contributed by atoms with Crippen molar-refractivity contribution < 1.29 is 0 Å². The van der Waals surface area contributed by atoms with Crippen LogP contribution in [0.2, 0.25) is 5.02 Å². The molecule has 0 bridgehead atoms. The number of halogens is 1. The van der Waals surface area contributed by atoms with Gasteiger partial charge in [-0.3, -0.25) is 0 Å². The lowest BCUT2D eigenvalue weighted by Gasteiger charge is -2.31. The number of benzene rings is 1. The first-order valence-corrected chi connectivity index (χ1v) is 5.55. The summed E-state index contributed by atoms with van der Waals surface area (Å²) in [5, 5.41) is 4.34. The van der Waals surface area contributed by atoms with Gasteiger partial charge in [-0.05, 0) is 51.0 Å². The average molecular weight is 222 g/mol. The molecule has 0 atom stereocenters. The van der Waals surface area contributed by atoms with E-state index in [0.717, 1.165) is 10.6 Å². The summed E-state index contributed by atoms with van der Waals surface area (Å²) >= 11 is 6.13. The van der Waals surface area contributed by atoms with Crippen LogP contribution in [0, 0.1) is 6.92 Å². The van der Waals surface area contributed by atoms with Crippen LogP contribution in [-0.2, 0) is 0 Å². The molecule has 1 aromatic carbocycles. The van der Waals surface area contributed by atoms with Gasteiger partial charge in [-0.15, -0.1) is 0 Å². The topological polar surface area (TPSA) is 12.0 Å². The van der Waals surface area contributed by atoms with Crippen molar-refractivity contribution in [2.45, 2.75) is 33.2 Å². The molecule has 1 aliphatic heterocycles. The summed E-state index contributed by atoms with van der Waals surface area (Å²) in [7, 11) is 0. The van der Waals surface area contributed by atoms with Gasteiger partial charge in [0.15, 0.2) is 0 Å². The Morgan fingerprint density at radius 3 is 2.53 bits per heavy atom. The van der Waals surface area contributed by atoms with E-state index in [9.17, 15) is 0 Å². The summed E-state index contributed by atoms with van der Waals surface area (Å²) in [6.07, 6.45) is 2.24. The molecular weight excluding hydrogens is 206 g/mol. The van der Waals surface area contributed by atoms with Gasteiger partial charge in [0.1, 0.15) is 0 Å². The molecule has 80 valence electrons. The first-order valence-electron chi connectivity index (χ1n) is 5.17. The van der Waals surface area contributed by atoms with Crippen LogP contribution in [0.25, 0.3) is 5.57 Å². The van der Waals surface area contributed by atoms with Crippen molar-refractivity contribution in [1.29, 1.82) is 0 Å². The smallest absolute Gasteiger partial charge is 0.0505 e. The SMILES string of the molecule is CC1=CC(C)(C)Nc2cc(C)c(Cl)cc21. The van der Waals surface area contributed by atoms with Crippen molar-refractivity contribution in [3.8, 4) is 0 Å². The quantitative estimate of drug-likeness (QED) is 0.691. The van der Waals surface area contributed by atoms with Crippen molar-refractivity contribution in [3.63, 3.8) is 0 Å². The summed E-state index contributed by atoms with van der Waals surface area (Å²) < 4.78 is 0. The maximum Gasteiger partial charge on any atom is 0.0505 e. The number of hydrogen-bond donors (Lipinski definition) is 1. The lowest BCUT2D eigenvalue weighted by atomic mass is 9.91. The number of aryl methyl sites for hydroxylation is 1. The maximum atomic E-state index is 6.13. The third kappa shape index (κ3) is 1.89. The van der Waals surface area contributed by atoms with Crippen LogP contribution in [0.5, 0.6) is 0 Å². The Bertz CT molecular complexity index is 444. The van der Waals surface area contributed by atoms with Crippen molar-refractivity contribution in [1.82, 2.24) is 0 Å². The van der Waals surface area contributed by atoms with Gasteiger partial charge < -0.3 is 5.32 Å². The summed E-state index contributed by atoms with van der Waals surface area (Å²) in [6.45, 7) is 8.50. The molecule has 2 heteroatoms. The molecule has 0 aliphatic carbocycles. The molecule has 1 nitrogen and oxygen atoms in total. The highest BCUT2D eigenvalue weighted by atomic mass is 35.5. The van der Waals surface area contributed by atoms with Crippen molar-refractivity contribution in [2.75, 3.05) is 5.32 Å². The van der Waals surface area contributed by atoms with Crippen LogP contribution in [0.4, 0.5) is 5.69 Å². The second kappa shape index (κ2) is 3.28. The van der Waals surface area contributed by atoms with Crippen LogP contribution < -0.4 is 5.32 Å². The zero-order valence-corrected chi connectivity index (χ0v) is 10.4. The van der Waals surface area contributed by atoms with E-state index in [-0.39, 0.29) is 5.54 Å². The molecule has 0 spiro atoms. The van der Waals surface area contributed by atoms with Crippen LogP contribution >= 0.6 is 11.6 Å². The van der Waals surface area contributed by atoms with Crippen molar-refractivity contribution in [3.05, 3.63) is 34.4 Å². The normalized spacial score (nSPS) is 17.8. The van der Waals surface area contributed by atoms with E-state index in [1.54, 1.807) is 0 Å². The number of hydrogen-bond acceptors (Lipinski definition) is 1. The van der Waals surface area contributed by atoms with Crippen LogP contribution in [0.15, 0.2) is 18.2 Å². The number of fused-ring (bicyclic) bond motifs is 1. The molecule has 1 N–H and O–H groups in total. The van der Waals surface area contributed by atoms with E-state index in [1.807, 2.05) is 13.0 Å². The Kier molecular flexibility index (Phi) is 2.31. The highest BCUT2D eigenvalue weighted by Crippen LogP contribution is 2.36. The van der Waals surface area contributed by atoms with Gasteiger partial charge in [0.2, 0.25) is 0 Å². The Morgan fingerprint density at radius 2 is 1.87 bits per heavy atom. The molecule has 1 aliphatic rings. The highest BCUT2D eigenvalue weighted by Gasteiger charge is 2.22. The molecule has 0 unspecified atom stereocenters. The zero-order chi connectivity index (χ0) is 11.2. The largest absolute Gasteiger partial charge is 0.376 e. The predicted molar refractivity (Wildman–Crippen MR) is 67.5 cm³/mol. The molecule has 1 aromatic rings. The summed E-state index contributed by atoms with van der Waals surface area (Å²) in [5.41, 5.74) is 4.83. The van der Waals surface area contributed by atoms with Crippen molar-refractivity contribution >= 4 is 22.9 Å². The lowest BCUT2D eigenvalue weighted by Crippen LogP contribution is -2.31. The first-order chi connectivity index (χ1) is 6.89. The van der Waals surface area contributed by atoms with Gasteiger partial charge in [0.05, 0.1) is 5.54 Å². The number of allylic oxidation sites excluding steroid dienone is 1. The molecule has 2 rings (SSSR count). The minimum atomic E-state index is 0.0252. The van der Waals surface area contributed by atoms with E-state index in [1.165, 1.54) is 16.8 Å². The monoisotopic (exact) mass is 221 g/mol. The van der Waals surface area contributed by atoms with Crippen LogP contribution in [0.3, 0.4) is 0 Å². The first kappa shape index (κ1) is 10.6. The Balaban J connectivity index is 2.61. The highest BCUT2D eigenvalue weighted by molar-refractivity contribution is 6.31. The average Bonchev–Trinajstić information content (AvgIpc) is 2.07. The third-order valence-corrected chi connectivity index (χ3v) is 3.17. The molecular formula is C13H16ClN. The van der Waals surface area contributed by atoms with Gasteiger partial charge in [-0.2, -0.15) is 0 Å². The molecule has 0 amide bonds. The Morgan fingerprint density at radius 1 is 1.20 bits per heavy atom. The van der Waals surface area contributed by atoms with E-state index < -0.39 is 0 Å². The van der Waals surface area contributed by atoms with E-state index in [0.29, 0.717) is 0 Å². The molecule has 1 heterocycles. The molecule has 0 saturated carbocycles. The van der Waals surface area contributed by atoms with Gasteiger partial charge in [-0.25, -0.2) is 0 Å². The second-order valence-electron chi connectivity index (χ2n) is 4.82. The standard InChI is InChI=1S/C13H16ClN/c1-8-5-12-10(6-11(8)14)9(2)7-13(3,4)15-12/h5-7,15H,1-4H3. The van der Waals surface area contributed by atoms with Crippen LogP contribution in [0.1, 0.15) is 31.9 Å².